The van der Waals surface area contributed by atoms with Gasteiger partial charge in [0.1, 0.15) is 5.66 Å². The Labute approximate surface area is 159 Å². The Morgan fingerprint density at radius 1 is 0.741 bits per heavy atom. The molecule has 3 aromatic carbocycles. The lowest BCUT2D eigenvalue weighted by Crippen LogP contribution is -2.59. The second-order valence-electron chi connectivity index (χ2n) is 6.90. The lowest BCUT2D eigenvalue weighted by molar-refractivity contribution is 0.415. The topological polar surface area (TPSA) is 76.1 Å². The third-order valence-corrected chi connectivity index (χ3v) is 5.06. The summed E-state index contributed by atoms with van der Waals surface area (Å²) in [6.45, 7) is 0.677. The number of fused-ring (bicyclic) bond motifs is 1. The molecule has 1 aliphatic heterocycles. The van der Waals surface area contributed by atoms with Gasteiger partial charge in [-0.05, 0) is 17.2 Å². The second-order valence-corrected chi connectivity index (χ2v) is 6.90. The highest BCUT2D eigenvalue weighted by Gasteiger charge is 2.38. The maximum absolute atomic E-state index is 6.61. The zero-order chi connectivity index (χ0) is 18.7. The van der Waals surface area contributed by atoms with Crippen LogP contribution in [0, 0.1) is 0 Å². The molecule has 3 aromatic rings. The summed E-state index contributed by atoms with van der Waals surface area (Å²) in [5.74, 6) is 0. The monoisotopic (exact) mass is 356 g/mol. The van der Waals surface area contributed by atoms with Gasteiger partial charge in [0, 0.05) is 24.2 Å². The average molecular weight is 356 g/mol. The molecule has 0 saturated carbocycles. The summed E-state index contributed by atoms with van der Waals surface area (Å²) < 4.78 is 0. The average Bonchev–Trinajstić information content (AvgIpc) is 2.72. The first-order valence-corrected chi connectivity index (χ1v) is 9.14. The number of benzene rings is 3. The molecule has 0 amide bonds. The first kappa shape index (κ1) is 17.2. The fraction of sp³-hybridized carbons (Fsp3) is 0.130. The fourth-order valence-corrected chi connectivity index (χ4v) is 3.59. The van der Waals surface area contributed by atoms with Gasteiger partial charge in [0.05, 0.1) is 11.4 Å². The normalized spacial score (nSPS) is 18.7. The lowest BCUT2D eigenvalue weighted by Gasteiger charge is -2.42. The molecule has 0 spiro atoms. The lowest BCUT2D eigenvalue weighted by atomic mass is 9.89. The molecule has 6 N–H and O–H groups in total. The van der Waals surface area contributed by atoms with Gasteiger partial charge in [-0.1, -0.05) is 78.9 Å². The molecule has 0 aliphatic carbocycles. The molecule has 0 radical (unpaired) electrons. The Balaban J connectivity index is 1.73. The molecule has 0 fully saturated rings. The first-order chi connectivity index (χ1) is 13.2. The molecule has 4 rings (SSSR count). The predicted octanol–water partition coefficient (Wildman–Crippen LogP) is 3.43. The number of rotatable bonds is 5. The number of anilines is 1. The van der Waals surface area contributed by atoms with E-state index in [1.807, 2.05) is 60.7 Å². The van der Waals surface area contributed by atoms with Crippen LogP contribution in [0.4, 0.5) is 5.69 Å². The minimum atomic E-state index is -0.657. The zero-order valence-electron chi connectivity index (χ0n) is 15.2. The van der Waals surface area contributed by atoms with Crippen LogP contribution in [0.25, 0.3) is 5.70 Å². The van der Waals surface area contributed by atoms with Crippen molar-refractivity contribution in [1.82, 2.24) is 5.32 Å². The third-order valence-electron chi connectivity index (χ3n) is 5.06. The summed E-state index contributed by atoms with van der Waals surface area (Å²) in [7, 11) is 0. The smallest absolute Gasteiger partial charge is 0.136 e. The zero-order valence-corrected chi connectivity index (χ0v) is 15.2. The van der Waals surface area contributed by atoms with Crippen LogP contribution in [-0.4, -0.2) is 5.66 Å². The van der Waals surface area contributed by atoms with Crippen molar-refractivity contribution in [3.63, 3.8) is 0 Å². The van der Waals surface area contributed by atoms with Crippen LogP contribution in [0.5, 0.6) is 0 Å². The molecule has 136 valence electrons. The molecule has 4 nitrogen and oxygen atoms in total. The Hall–Kier alpha value is -3.24. The van der Waals surface area contributed by atoms with Crippen LogP contribution >= 0.6 is 0 Å². The summed E-state index contributed by atoms with van der Waals surface area (Å²) in [6.07, 6.45) is 0.682. The van der Waals surface area contributed by atoms with Gasteiger partial charge in [0.2, 0.25) is 0 Å². The summed E-state index contributed by atoms with van der Waals surface area (Å²) in [4.78, 5) is 0. The molecule has 1 heterocycles. The molecule has 0 aromatic heterocycles. The van der Waals surface area contributed by atoms with Crippen molar-refractivity contribution < 1.29 is 0 Å². The van der Waals surface area contributed by atoms with E-state index < -0.39 is 5.66 Å². The third kappa shape index (κ3) is 3.39. The number of nitrogens with one attached hydrogen (secondary N) is 2. The van der Waals surface area contributed by atoms with Crippen molar-refractivity contribution in [3.05, 3.63) is 107 Å². The van der Waals surface area contributed by atoms with Gasteiger partial charge in [-0.2, -0.15) is 0 Å². The van der Waals surface area contributed by atoms with Gasteiger partial charge in [0.25, 0.3) is 0 Å². The van der Waals surface area contributed by atoms with E-state index in [1.54, 1.807) is 0 Å². The van der Waals surface area contributed by atoms with Crippen LogP contribution < -0.4 is 22.1 Å². The van der Waals surface area contributed by atoms with Crippen molar-refractivity contribution in [2.24, 2.45) is 11.5 Å². The van der Waals surface area contributed by atoms with Crippen LogP contribution in [0.1, 0.15) is 16.7 Å². The SMILES string of the molecule is NC1=C(N)C(Cc2ccccc2)(NCc2ccccc2)Nc2ccccc21. The van der Waals surface area contributed by atoms with E-state index in [0.29, 0.717) is 24.4 Å². The van der Waals surface area contributed by atoms with E-state index in [4.69, 9.17) is 11.5 Å². The Morgan fingerprint density at radius 3 is 2.04 bits per heavy atom. The molecule has 0 saturated heterocycles. The largest absolute Gasteiger partial charge is 0.397 e. The number of hydrogen-bond donors (Lipinski definition) is 4. The molecule has 27 heavy (non-hydrogen) atoms. The van der Waals surface area contributed by atoms with Gasteiger partial charge in [0.15, 0.2) is 0 Å². The van der Waals surface area contributed by atoms with E-state index in [0.717, 1.165) is 11.3 Å². The minimum Gasteiger partial charge on any atom is -0.397 e. The Bertz CT molecular complexity index is 950. The number of hydrogen-bond acceptors (Lipinski definition) is 4. The highest BCUT2D eigenvalue weighted by Crippen LogP contribution is 2.35. The van der Waals surface area contributed by atoms with Gasteiger partial charge >= 0.3 is 0 Å². The van der Waals surface area contributed by atoms with Crippen molar-refractivity contribution in [2.75, 3.05) is 5.32 Å². The quantitative estimate of drug-likeness (QED) is 0.565. The van der Waals surface area contributed by atoms with Crippen molar-refractivity contribution in [3.8, 4) is 0 Å². The molecule has 1 atom stereocenters. The predicted molar refractivity (Wildman–Crippen MR) is 112 cm³/mol. The van der Waals surface area contributed by atoms with E-state index in [9.17, 15) is 0 Å². The van der Waals surface area contributed by atoms with Gasteiger partial charge in [-0.15, -0.1) is 0 Å². The molecule has 0 bridgehead atoms. The minimum absolute atomic E-state index is 0.626. The van der Waals surface area contributed by atoms with Crippen molar-refractivity contribution in [1.29, 1.82) is 0 Å². The molecule has 4 heteroatoms. The van der Waals surface area contributed by atoms with Gasteiger partial charge in [-0.25, -0.2) is 0 Å². The molecule has 1 aliphatic rings. The molecular formula is C23H24N4. The fourth-order valence-electron chi connectivity index (χ4n) is 3.59. The second kappa shape index (κ2) is 7.17. The Kier molecular flexibility index (Phi) is 4.57. The van der Waals surface area contributed by atoms with Crippen LogP contribution in [0.15, 0.2) is 90.6 Å². The van der Waals surface area contributed by atoms with Gasteiger partial charge in [-0.3, -0.25) is 5.32 Å². The van der Waals surface area contributed by atoms with E-state index in [-0.39, 0.29) is 0 Å². The summed E-state index contributed by atoms with van der Waals surface area (Å²) >= 11 is 0. The van der Waals surface area contributed by atoms with E-state index >= 15 is 0 Å². The van der Waals surface area contributed by atoms with Crippen molar-refractivity contribution in [2.45, 2.75) is 18.6 Å². The highest BCUT2D eigenvalue weighted by atomic mass is 15.2. The number of nitrogens with two attached hydrogens (primary N) is 2. The van der Waals surface area contributed by atoms with Crippen LogP contribution in [0.3, 0.4) is 0 Å². The summed E-state index contributed by atoms with van der Waals surface area (Å²) in [5.41, 5.74) is 18.0. The highest BCUT2D eigenvalue weighted by molar-refractivity contribution is 5.81. The maximum Gasteiger partial charge on any atom is 0.136 e. The van der Waals surface area contributed by atoms with Crippen molar-refractivity contribution >= 4 is 11.4 Å². The van der Waals surface area contributed by atoms with Crippen LogP contribution in [-0.2, 0) is 13.0 Å². The number of para-hydroxylation sites is 1. The summed E-state index contributed by atoms with van der Waals surface area (Å²) in [6, 6.07) is 28.6. The first-order valence-electron chi connectivity index (χ1n) is 9.14. The van der Waals surface area contributed by atoms with E-state index in [1.165, 1.54) is 11.1 Å². The molecular weight excluding hydrogens is 332 g/mol. The molecule has 1 unspecified atom stereocenters. The van der Waals surface area contributed by atoms with Gasteiger partial charge < -0.3 is 16.8 Å². The van der Waals surface area contributed by atoms with E-state index in [2.05, 4.69) is 34.9 Å². The standard InChI is InChI=1S/C23H24N4/c24-21-19-13-7-8-14-20(19)27-23(22(21)25,15-17-9-3-1-4-10-17)26-16-18-11-5-2-6-12-18/h1-14,26-27H,15-16,24-25H2. The van der Waals surface area contributed by atoms with Crippen LogP contribution in [0.2, 0.25) is 0 Å². The summed E-state index contributed by atoms with van der Waals surface area (Å²) in [5, 5.41) is 7.28. The maximum atomic E-state index is 6.61. The Morgan fingerprint density at radius 2 is 1.33 bits per heavy atom.